The van der Waals surface area contributed by atoms with Crippen molar-refractivity contribution in [3.63, 3.8) is 0 Å². The SMILES string of the molecule is O=C(Cc1cccc(F)c1)NCCCNC1CC1. The third kappa shape index (κ3) is 4.84. The van der Waals surface area contributed by atoms with Crippen molar-refractivity contribution in [1.29, 1.82) is 0 Å². The van der Waals surface area contributed by atoms with Gasteiger partial charge in [-0.1, -0.05) is 12.1 Å². The van der Waals surface area contributed by atoms with E-state index in [-0.39, 0.29) is 18.1 Å². The molecule has 1 aliphatic rings. The highest BCUT2D eigenvalue weighted by molar-refractivity contribution is 5.78. The Morgan fingerprint density at radius 2 is 2.17 bits per heavy atom. The molecular formula is C14H19FN2O. The highest BCUT2D eigenvalue weighted by atomic mass is 19.1. The smallest absolute Gasteiger partial charge is 0.224 e. The van der Waals surface area contributed by atoms with Crippen LogP contribution in [-0.4, -0.2) is 25.0 Å². The van der Waals surface area contributed by atoms with Crippen LogP contribution in [0.3, 0.4) is 0 Å². The molecule has 1 fully saturated rings. The van der Waals surface area contributed by atoms with Crippen molar-refractivity contribution in [3.8, 4) is 0 Å². The van der Waals surface area contributed by atoms with Crippen molar-refractivity contribution < 1.29 is 9.18 Å². The molecular weight excluding hydrogens is 231 g/mol. The maximum absolute atomic E-state index is 12.9. The molecule has 1 aromatic carbocycles. The third-order valence-corrected chi connectivity index (χ3v) is 2.94. The molecule has 1 aliphatic carbocycles. The summed E-state index contributed by atoms with van der Waals surface area (Å²) in [7, 11) is 0. The van der Waals surface area contributed by atoms with Gasteiger partial charge in [0.1, 0.15) is 5.82 Å². The Kier molecular flexibility index (Phi) is 4.70. The van der Waals surface area contributed by atoms with Crippen LogP contribution in [0.25, 0.3) is 0 Å². The van der Waals surface area contributed by atoms with Crippen molar-refractivity contribution in [3.05, 3.63) is 35.6 Å². The van der Waals surface area contributed by atoms with Crippen LogP contribution >= 0.6 is 0 Å². The minimum absolute atomic E-state index is 0.0491. The molecule has 0 aromatic heterocycles. The van der Waals surface area contributed by atoms with Crippen LogP contribution in [0.4, 0.5) is 4.39 Å². The van der Waals surface area contributed by atoms with Crippen LogP contribution in [0, 0.1) is 5.82 Å². The predicted molar refractivity (Wildman–Crippen MR) is 68.8 cm³/mol. The molecule has 0 radical (unpaired) electrons. The van der Waals surface area contributed by atoms with Crippen LogP contribution in [0.2, 0.25) is 0 Å². The van der Waals surface area contributed by atoms with Gasteiger partial charge >= 0.3 is 0 Å². The van der Waals surface area contributed by atoms with Crippen LogP contribution in [0.1, 0.15) is 24.8 Å². The maximum atomic E-state index is 12.9. The van der Waals surface area contributed by atoms with E-state index in [1.54, 1.807) is 12.1 Å². The first kappa shape index (κ1) is 13.0. The van der Waals surface area contributed by atoms with Gasteiger partial charge in [-0.05, 0) is 43.5 Å². The molecule has 98 valence electrons. The van der Waals surface area contributed by atoms with Gasteiger partial charge in [-0.2, -0.15) is 0 Å². The number of hydrogen-bond donors (Lipinski definition) is 2. The van der Waals surface area contributed by atoms with E-state index < -0.39 is 0 Å². The van der Waals surface area contributed by atoms with Crippen molar-refractivity contribution in [2.45, 2.75) is 31.7 Å². The van der Waals surface area contributed by atoms with Crippen LogP contribution in [-0.2, 0) is 11.2 Å². The van der Waals surface area contributed by atoms with E-state index in [1.807, 2.05) is 0 Å². The summed E-state index contributed by atoms with van der Waals surface area (Å²) < 4.78 is 12.9. The molecule has 18 heavy (non-hydrogen) atoms. The van der Waals surface area contributed by atoms with Gasteiger partial charge in [0.15, 0.2) is 0 Å². The van der Waals surface area contributed by atoms with Crippen molar-refractivity contribution in [2.24, 2.45) is 0 Å². The maximum Gasteiger partial charge on any atom is 0.224 e. The summed E-state index contributed by atoms with van der Waals surface area (Å²) in [6, 6.07) is 6.88. The Bertz CT molecular complexity index is 405. The molecule has 0 aliphatic heterocycles. The van der Waals surface area contributed by atoms with Crippen LogP contribution in [0.15, 0.2) is 24.3 Å². The van der Waals surface area contributed by atoms with E-state index in [0.29, 0.717) is 18.2 Å². The Morgan fingerprint density at radius 3 is 2.89 bits per heavy atom. The van der Waals surface area contributed by atoms with E-state index in [2.05, 4.69) is 10.6 Å². The average Bonchev–Trinajstić information content (AvgIpc) is 3.12. The topological polar surface area (TPSA) is 41.1 Å². The van der Waals surface area contributed by atoms with Gasteiger partial charge in [0.2, 0.25) is 5.91 Å². The van der Waals surface area contributed by atoms with Gasteiger partial charge in [0.05, 0.1) is 6.42 Å². The number of halogens is 1. The second kappa shape index (κ2) is 6.50. The molecule has 2 rings (SSSR count). The average molecular weight is 250 g/mol. The number of rotatable bonds is 7. The molecule has 0 saturated heterocycles. The van der Waals surface area contributed by atoms with Crippen LogP contribution in [0.5, 0.6) is 0 Å². The summed E-state index contributed by atoms with van der Waals surface area (Å²) >= 11 is 0. The van der Waals surface area contributed by atoms with E-state index >= 15 is 0 Å². The Hall–Kier alpha value is -1.42. The van der Waals surface area contributed by atoms with Gasteiger partial charge in [-0.15, -0.1) is 0 Å². The summed E-state index contributed by atoms with van der Waals surface area (Å²) in [4.78, 5) is 11.6. The Labute approximate surface area is 107 Å². The zero-order valence-electron chi connectivity index (χ0n) is 10.4. The first-order valence-electron chi connectivity index (χ1n) is 6.48. The van der Waals surface area contributed by atoms with Gasteiger partial charge in [0.25, 0.3) is 0 Å². The Balaban J connectivity index is 1.59. The number of benzene rings is 1. The van der Waals surface area contributed by atoms with Gasteiger partial charge < -0.3 is 10.6 Å². The first-order chi connectivity index (χ1) is 8.74. The number of carbonyl (C=O) groups is 1. The van der Waals surface area contributed by atoms with E-state index in [9.17, 15) is 9.18 Å². The fraction of sp³-hybridized carbons (Fsp3) is 0.500. The lowest BCUT2D eigenvalue weighted by Crippen LogP contribution is -2.29. The fourth-order valence-corrected chi connectivity index (χ4v) is 1.80. The molecule has 0 heterocycles. The number of amides is 1. The molecule has 0 atom stereocenters. The largest absolute Gasteiger partial charge is 0.356 e. The predicted octanol–water partition coefficient (Wildman–Crippen LogP) is 1.63. The fourth-order valence-electron chi connectivity index (χ4n) is 1.80. The molecule has 3 nitrogen and oxygen atoms in total. The van der Waals surface area contributed by atoms with E-state index in [0.717, 1.165) is 13.0 Å². The molecule has 0 bridgehead atoms. The van der Waals surface area contributed by atoms with Gasteiger partial charge in [0, 0.05) is 12.6 Å². The molecule has 4 heteroatoms. The number of nitrogens with one attached hydrogen (secondary N) is 2. The molecule has 1 saturated carbocycles. The molecule has 1 aromatic rings. The lowest BCUT2D eigenvalue weighted by molar-refractivity contribution is -0.120. The van der Waals surface area contributed by atoms with Crippen LogP contribution < -0.4 is 10.6 Å². The monoisotopic (exact) mass is 250 g/mol. The normalized spacial score (nSPS) is 14.5. The minimum Gasteiger partial charge on any atom is -0.356 e. The van der Waals surface area contributed by atoms with E-state index in [4.69, 9.17) is 0 Å². The van der Waals surface area contributed by atoms with Crippen molar-refractivity contribution in [2.75, 3.05) is 13.1 Å². The highest BCUT2D eigenvalue weighted by Crippen LogP contribution is 2.18. The lowest BCUT2D eigenvalue weighted by atomic mass is 10.1. The molecule has 0 unspecified atom stereocenters. The quantitative estimate of drug-likeness (QED) is 0.722. The summed E-state index contributed by atoms with van der Waals surface area (Å²) in [6.45, 7) is 1.62. The third-order valence-electron chi connectivity index (χ3n) is 2.94. The summed E-state index contributed by atoms with van der Waals surface area (Å²) in [6.07, 6.45) is 3.75. The number of hydrogen-bond acceptors (Lipinski definition) is 2. The highest BCUT2D eigenvalue weighted by Gasteiger charge is 2.19. The Morgan fingerprint density at radius 1 is 1.33 bits per heavy atom. The van der Waals surface area contributed by atoms with Gasteiger partial charge in [-0.25, -0.2) is 4.39 Å². The molecule has 2 N–H and O–H groups in total. The zero-order valence-corrected chi connectivity index (χ0v) is 10.4. The lowest BCUT2D eigenvalue weighted by Gasteiger charge is -2.06. The summed E-state index contributed by atoms with van der Waals surface area (Å²) in [5.74, 6) is -0.346. The standard InChI is InChI=1S/C14H19FN2O/c15-12-4-1-3-11(9-12)10-14(18)17-8-2-7-16-13-5-6-13/h1,3-4,9,13,16H,2,5-8,10H2,(H,17,18). The summed E-state index contributed by atoms with van der Waals surface area (Å²) in [5, 5.41) is 6.23. The molecule has 0 spiro atoms. The zero-order chi connectivity index (χ0) is 12.8. The number of carbonyl (C=O) groups excluding carboxylic acids is 1. The second-order valence-corrected chi connectivity index (χ2v) is 4.74. The van der Waals surface area contributed by atoms with E-state index in [1.165, 1.54) is 25.0 Å². The second-order valence-electron chi connectivity index (χ2n) is 4.74. The molecule has 1 amide bonds. The minimum atomic E-state index is -0.297. The van der Waals surface area contributed by atoms with Crippen molar-refractivity contribution >= 4 is 5.91 Å². The first-order valence-corrected chi connectivity index (χ1v) is 6.48. The van der Waals surface area contributed by atoms with Gasteiger partial charge in [-0.3, -0.25) is 4.79 Å². The summed E-state index contributed by atoms with van der Waals surface area (Å²) in [5.41, 5.74) is 0.712. The van der Waals surface area contributed by atoms with Crippen molar-refractivity contribution in [1.82, 2.24) is 10.6 Å².